The summed E-state index contributed by atoms with van der Waals surface area (Å²) in [5.41, 5.74) is 2.51. The van der Waals surface area contributed by atoms with Crippen LogP contribution >= 0.6 is 11.8 Å². The van der Waals surface area contributed by atoms with E-state index < -0.39 is 0 Å². The van der Waals surface area contributed by atoms with E-state index in [2.05, 4.69) is 18.0 Å². The number of nitrogens with zero attached hydrogens (tertiary/aromatic N) is 6. The zero-order chi connectivity index (χ0) is 24.8. The van der Waals surface area contributed by atoms with Crippen LogP contribution in [0.25, 0.3) is 0 Å². The lowest BCUT2D eigenvalue weighted by Crippen LogP contribution is -2.48. The third-order valence-corrected chi connectivity index (χ3v) is 7.06. The molecule has 2 aromatic heterocycles. The van der Waals surface area contributed by atoms with Crippen molar-refractivity contribution in [1.82, 2.24) is 19.8 Å². The summed E-state index contributed by atoms with van der Waals surface area (Å²) in [5, 5.41) is 9.48. The number of thioether (sulfide) groups is 1. The largest absolute Gasteiger partial charge is 0.491 e. The number of nitriles is 1. The Balaban J connectivity index is 1.61. The molecule has 0 saturated carbocycles. The highest BCUT2D eigenvalue weighted by molar-refractivity contribution is 7.99. The van der Waals surface area contributed by atoms with Gasteiger partial charge in [0.2, 0.25) is 5.91 Å². The number of anilines is 2. The Kier molecular flexibility index (Phi) is 8.21. The van der Waals surface area contributed by atoms with E-state index in [1.165, 1.54) is 6.20 Å². The normalized spacial score (nSPS) is 16.1. The molecule has 4 heterocycles. The Bertz CT molecular complexity index is 1130. The molecule has 2 aliphatic rings. The van der Waals surface area contributed by atoms with Crippen molar-refractivity contribution in [3.63, 3.8) is 0 Å². The van der Waals surface area contributed by atoms with Crippen molar-refractivity contribution >= 4 is 35.6 Å². The molecule has 1 saturated heterocycles. The van der Waals surface area contributed by atoms with E-state index in [0.717, 1.165) is 48.3 Å². The molecule has 9 nitrogen and oxygen atoms in total. The number of aromatic nitrogens is 2. The van der Waals surface area contributed by atoms with E-state index in [-0.39, 0.29) is 5.91 Å². The van der Waals surface area contributed by atoms with Gasteiger partial charge in [-0.05, 0) is 37.3 Å². The van der Waals surface area contributed by atoms with Gasteiger partial charge in [-0.1, -0.05) is 6.92 Å². The summed E-state index contributed by atoms with van der Waals surface area (Å²) in [6.07, 6.45) is 4.01. The van der Waals surface area contributed by atoms with Gasteiger partial charge in [-0.25, -0.2) is 9.97 Å². The lowest BCUT2D eigenvalue weighted by molar-refractivity contribution is -0.136. The summed E-state index contributed by atoms with van der Waals surface area (Å²) in [7, 11) is 1.93. The first-order valence-corrected chi connectivity index (χ1v) is 13.0. The molecule has 0 unspecified atom stereocenters. The van der Waals surface area contributed by atoms with Crippen molar-refractivity contribution in [1.29, 1.82) is 5.26 Å². The average molecular weight is 495 g/mol. The number of fused-ring (bicyclic) bond motifs is 1. The number of ether oxygens (including phenoxy) is 1. The average Bonchev–Trinajstić information content (AvgIpc) is 2.87. The molecule has 35 heavy (non-hydrogen) atoms. The van der Waals surface area contributed by atoms with Crippen LogP contribution in [0.5, 0.6) is 5.75 Å². The Labute approximate surface area is 210 Å². The first-order valence-electron chi connectivity index (χ1n) is 11.9. The minimum atomic E-state index is 0.0570. The molecule has 0 spiro atoms. The number of hydrogen-bond acceptors (Lipinski definition) is 9. The van der Waals surface area contributed by atoms with Crippen LogP contribution in [0.1, 0.15) is 40.5 Å². The van der Waals surface area contributed by atoms with Crippen molar-refractivity contribution in [3.8, 4) is 11.8 Å². The van der Waals surface area contributed by atoms with E-state index in [1.54, 1.807) is 22.7 Å². The topological polar surface area (TPSA) is 103 Å². The van der Waals surface area contributed by atoms with Gasteiger partial charge in [-0.3, -0.25) is 14.5 Å². The summed E-state index contributed by atoms with van der Waals surface area (Å²) < 4.78 is 5.89. The van der Waals surface area contributed by atoms with Gasteiger partial charge in [-0.2, -0.15) is 17.0 Å². The number of carbonyl (C=O) groups is 2. The molecule has 1 fully saturated rings. The molecule has 2 aromatic rings. The van der Waals surface area contributed by atoms with Crippen molar-refractivity contribution in [2.45, 2.75) is 26.3 Å². The highest BCUT2D eigenvalue weighted by atomic mass is 32.2. The molecule has 0 atom stereocenters. The number of likely N-dealkylation sites (N-methyl/N-ethyl adjacent to an activating group) is 1. The van der Waals surface area contributed by atoms with E-state index >= 15 is 0 Å². The van der Waals surface area contributed by atoms with Crippen LogP contribution < -0.4 is 9.64 Å². The quantitative estimate of drug-likeness (QED) is 0.384. The number of piperazine rings is 1. The first kappa shape index (κ1) is 24.9. The molecule has 184 valence electrons. The smallest absolute Gasteiger partial charge is 0.237 e. The SMILES string of the molecule is CCSCCOc1cc(N2CCCc3cc(CN4CCN(C)CC4=O)c(C=O)nc32)ncc1C#N. The predicted molar refractivity (Wildman–Crippen MR) is 135 cm³/mol. The fourth-order valence-electron chi connectivity index (χ4n) is 4.34. The van der Waals surface area contributed by atoms with Gasteiger partial charge in [0.15, 0.2) is 6.29 Å². The number of pyridine rings is 2. The number of amides is 1. The summed E-state index contributed by atoms with van der Waals surface area (Å²) in [6, 6.07) is 5.93. The molecule has 2 aliphatic heterocycles. The van der Waals surface area contributed by atoms with Gasteiger partial charge < -0.3 is 14.5 Å². The highest BCUT2D eigenvalue weighted by Gasteiger charge is 2.27. The molecule has 0 radical (unpaired) electrons. The fourth-order valence-corrected chi connectivity index (χ4v) is 4.83. The predicted octanol–water partition coefficient (Wildman–Crippen LogP) is 2.65. The maximum absolute atomic E-state index is 12.5. The van der Waals surface area contributed by atoms with Crippen LogP contribution in [0, 0.1) is 11.3 Å². The monoisotopic (exact) mass is 494 g/mol. The number of carbonyl (C=O) groups excluding carboxylic acids is 2. The van der Waals surface area contributed by atoms with Crippen LogP contribution in [0.4, 0.5) is 11.6 Å². The van der Waals surface area contributed by atoms with Gasteiger partial charge in [0.05, 0.1) is 19.3 Å². The van der Waals surface area contributed by atoms with Gasteiger partial charge in [0.1, 0.15) is 34.7 Å². The lowest BCUT2D eigenvalue weighted by atomic mass is 10.0. The van der Waals surface area contributed by atoms with E-state index in [4.69, 9.17) is 9.72 Å². The Morgan fingerprint density at radius 2 is 2.14 bits per heavy atom. The van der Waals surface area contributed by atoms with Crippen LogP contribution in [0.2, 0.25) is 0 Å². The Morgan fingerprint density at radius 3 is 2.89 bits per heavy atom. The summed E-state index contributed by atoms with van der Waals surface area (Å²) >= 11 is 1.78. The van der Waals surface area contributed by atoms with E-state index in [1.807, 2.05) is 22.9 Å². The van der Waals surface area contributed by atoms with Crippen LogP contribution in [-0.4, -0.2) is 83.3 Å². The second-order valence-electron chi connectivity index (χ2n) is 8.64. The van der Waals surface area contributed by atoms with Gasteiger partial charge >= 0.3 is 0 Å². The number of hydrogen-bond donors (Lipinski definition) is 0. The maximum Gasteiger partial charge on any atom is 0.237 e. The molecule has 4 rings (SSSR count). The zero-order valence-electron chi connectivity index (χ0n) is 20.2. The molecular weight excluding hydrogens is 464 g/mol. The minimum Gasteiger partial charge on any atom is -0.491 e. The summed E-state index contributed by atoms with van der Waals surface area (Å²) in [5.74, 6) is 3.74. The number of rotatable bonds is 9. The van der Waals surface area contributed by atoms with E-state index in [9.17, 15) is 14.9 Å². The second kappa shape index (κ2) is 11.5. The molecule has 0 aromatic carbocycles. The second-order valence-corrected chi connectivity index (χ2v) is 10.0. The van der Waals surface area contributed by atoms with Crippen LogP contribution in [0.15, 0.2) is 18.3 Å². The molecule has 1 amide bonds. The van der Waals surface area contributed by atoms with Gasteiger partial charge in [0.25, 0.3) is 0 Å². The van der Waals surface area contributed by atoms with Crippen molar-refractivity contribution in [2.24, 2.45) is 0 Å². The maximum atomic E-state index is 12.5. The molecule has 10 heteroatoms. The lowest BCUT2D eigenvalue weighted by Gasteiger charge is -2.33. The van der Waals surface area contributed by atoms with Gasteiger partial charge in [0, 0.05) is 43.6 Å². The summed E-state index contributed by atoms with van der Waals surface area (Å²) in [4.78, 5) is 39.4. The minimum absolute atomic E-state index is 0.0570. The standard InChI is InChI=1S/C25H30N6O3S/c1-3-35-10-9-34-22-12-23(27-14-20(22)13-26)31-6-4-5-18-11-19(21(17-32)28-25(18)31)15-30-8-7-29(2)16-24(30)33/h11-12,14,17H,3-10,15-16H2,1-2H3. The zero-order valence-corrected chi connectivity index (χ0v) is 21.0. The Hall–Kier alpha value is -3.16. The number of aldehydes is 1. The third-order valence-electron chi connectivity index (χ3n) is 6.19. The van der Waals surface area contributed by atoms with Crippen molar-refractivity contribution < 1.29 is 14.3 Å². The van der Waals surface area contributed by atoms with Crippen LogP contribution in [0.3, 0.4) is 0 Å². The molecule has 0 bridgehead atoms. The van der Waals surface area contributed by atoms with E-state index in [0.29, 0.717) is 61.4 Å². The summed E-state index contributed by atoms with van der Waals surface area (Å²) in [6.45, 7) is 5.50. The molecule has 0 N–H and O–H groups in total. The molecule has 0 aliphatic carbocycles. The van der Waals surface area contributed by atoms with Crippen molar-refractivity contribution in [3.05, 3.63) is 40.7 Å². The first-order chi connectivity index (χ1) is 17.0. The highest BCUT2D eigenvalue weighted by Crippen LogP contribution is 2.34. The molecular formula is C25H30N6O3S. The van der Waals surface area contributed by atoms with Gasteiger partial charge in [-0.15, -0.1) is 0 Å². The third kappa shape index (κ3) is 5.74. The van der Waals surface area contributed by atoms with Crippen LogP contribution in [-0.2, 0) is 17.8 Å². The Morgan fingerprint density at radius 1 is 1.29 bits per heavy atom. The fraction of sp³-hybridized carbons (Fsp3) is 0.480. The van der Waals surface area contributed by atoms with Crippen molar-refractivity contribution in [2.75, 3.05) is 56.2 Å². The number of aryl methyl sites for hydroxylation is 1.